The predicted molar refractivity (Wildman–Crippen MR) is 52.4 cm³/mol. The summed E-state index contributed by atoms with van der Waals surface area (Å²) in [4.78, 5) is 22.1. The lowest BCUT2D eigenvalue weighted by Gasteiger charge is -2.06. The van der Waals surface area contributed by atoms with Crippen LogP contribution in [0.1, 0.15) is 26.3 Å². The summed E-state index contributed by atoms with van der Waals surface area (Å²) in [7, 11) is 1.32. The summed E-state index contributed by atoms with van der Waals surface area (Å²) >= 11 is 0. The number of benzene rings is 1. The third kappa shape index (κ3) is 1.58. The minimum atomic E-state index is -0.430. The van der Waals surface area contributed by atoms with Gasteiger partial charge < -0.3 is 9.47 Å². The molecule has 0 aliphatic carbocycles. The van der Waals surface area contributed by atoms with Crippen LogP contribution in [0.5, 0.6) is 5.75 Å². The van der Waals surface area contributed by atoms with Gasteiger partial charge in [-0.1, -0.05) is 0 Å². The average Bonchev–Trinajstić information content (AvgIpc) is 2.74. The molecule has 0 spiro atoms. The maximum absolute atomic E-state index is 11.4. The summed E-state index contributed by atoms with van der Waals surface area (Å²) < 4.78 is 9.96. The molecular formula is C11H10O4. The molecule has 0 N–H and O–H groups in total. The molecule has 0 bridgehead atoms. The smallest absolute Gasteiger partial charge is 0.338 e. The first kappa shape index (κ1) is 9.71. The Hall–Kier alpha value is -1.84. The number of carbonyl (C=O) groups is 2. The zero-order valence-electron chi connectivity index (χ0n) is 8.28. The van der Waals surface area contributed by atoms with Crippen LogP contribution in [0.3, 0.4) is 0 Å². The Morgan fingerprint density at radius 3 is 3.00 bits per heavy atom. The number of aldehydes is 1. The number of esters is 1. The molecule has 1 heterocycles. The van der Waals surface area contributed by atoms with Crippen LogP contribution < -0.4 is 4.74 Å². The Balaban J connectivity index is 2.56. The van der Waals surface area contributed by atoms with Crippen molar-refractivity contribution < 1.29 is 19.1 Å². The van der Waals surface area contributed by atoms with Crippen molar-refractivity contribution in [1.82, 2.24) is 0 Å². The van der Waals surface area contributed by atoms with E-state index in [-0.39, 0.29) is 0 Å². The molecule has 0 aromatic heterocycles. The van der Waals surface area contributed by atoms with E-state index in [1.807, 2.05) is 0 Å². The number of hydrogen-bond donors (Lipinski definition) is 0. The van der Waals surface area contributed by atoms with Crippen LogP contribution in [0.4, 0.5) is 0 Å². The molecule has 78 valence electrons. The number of fused-ring (bicyclic) bond motifs is 1. The van der Waals surface area contributed by atoms with Gasteiger partial charge in [-0.25, -0.2) is 4.79 Å². The van der Waals surface area contributed by atoms with Gasteiger partial charge in [0.2, 0.25) is 0 Å². The van der Waals surface area contributed by atoms with Crippen molar-refractivity contribution in [2.75, 3.05) is 13.7 Å². The van der Waals surface area contributed by atoms with Gasteiger partial charge in [0.1, 0.15) is 12.0 Å². The zero-order valence-corrected chi connectivity index (χ0v) is 8.28. The van der Waals surface area contributed by atoms with Crippen LogP contribution >= 0.6 is 0 Å². The molecule has 1 aromatic carbocycles. The van der Waals surface area contributed by atoms with E-state index in [4.69, 9.17) is 4.74 Å². The Morgan fingerprint density at radius 1 is 1.53 bits per heavy atom. The normalized spacial score (nSPS) is 12.9. The van der Waals surface area contributed by atoms with Crippen molar-refractivity contribution in [1.29, 1.82) is 0 Å². The summed E-state index contributed by atoms with van der Waals surface area (Å²) in [5.41, 5.74) is 1.68. The molecule has 4 nitrogen and oxygen atoms in total. The number of ether oxygens (including phenoxy) is 2. The lowest BCUT2D eigenvalue weighted by Crippen LogP contribution is -2.05. The van der Waals surface area contributed by atoms with Crippen LogP contribution in [0.2, 0.25) is 0 Å². The highest BCUT2D eigenvalue weighted by molar-refractivity contribution is 5.94. The molecule has 4 heteroatoms. The quantitative estimate of drug-likeness (QED) is 0.539. The van der Waals surface area contributed by atoms with E-state index >= 15 is 0 Å². The first-order valence-electron chi connectivity index (χ1n) is 4.59. The number of rotatable bonds is 2. The van der Waals surface area contributed by atoms with Gasteiger partial charge in [0.25, 0.3) is 0 Å². The van der Waals surface area contributed by atoms with Crippen LogP contribution in [-0.2, 0) is 11.2 Å². The van der Waals surface area contributed by atoms with E-state index in [1.54, 1.807) is 6.07 Å². The van der Waals surface area contributed by atoms with E-state index in [1.165, 1.54) is 13.2 Å². The molecule has 0 fully saturated rings. The fraction of sp³-hybridized carbons (Fsp3) is 0.273. The van der Waals surface area contributed by atoms with Crippen LogP contribution in [0.25, 0.3) is 0 Å². The number of hydrogen-bond acceptors (Lipinski definition) is 4. The van der Waals surface area contributed by atoms with Crippen LogP contribution in [-0.4, -0.2) is 26.0 Å². The Labute approximate surface area is 86.8 Å². The summed E-state index contributed by atoms with van der Waals surface area (Å²) in [5.74, 6) is 0.181. The van der Waals surface area contributed by atoms with Gasteiger partial charge in [-0.3, -0.25) is 4.79 Å². The highest BCUT2D eigenvalue weighted by atomic mass is 16.5. The van der Waals surface area contributed by atoms with Crippen molar-refractivity contribution in [2.45, 2.75) is 6.42 Å². The van der Waals surface area contributed by atoms with Gasteiger partial charge in [0.05, 0.1) is 19.3 Å². The minimum Gasteiger partial charge on any atom is -0.493 e. The monoisotopic (exact) mass is 206 g/mol. The number of methoxy groups -OCH3 is 1. The van der Waals surface area contributed by atoms with E-state index in [0.717, 1.165) is 5.56 Å². The Morgan fingerprint density at radius 2 is 2.33 bits per heavy atom. The van der Waals surface area contributed by atoms with E-state index < -0.39 is 5.97 Å². The molecule has 0 unspecified atom stereocenters. The SMILES string of the molecule is COC(=O)c1cc(C=O)cc2c1CCO2. The molecular weight excluding hydrogens is 196 g/mol. The molecule has 1 aliphatic rings. The van der Waals surface area contributed by atoms with Gasteiger partial charge in [-0.2, -0.15) is 0 Å². The van der Waals surface area contributed by atoms with Gasteiger partial charge in [0, 0.05) is 17.5 Å². The molecule has 0 saturated carbocycles. The van der Waals surface area contributed by atoms with E-state index in [2.05, 4.69) is 4.74 Å². The molecule has 0 saturated heterocycles. The van der Waals surface area contributed by atoms with Crippen LogP contribution in [0.15, 0.2) is 12.1 Å². The fourth-order valence-electron chi connectivity index (χ4n) is 1.68. The maximum Gasteiger partial charge on any atom is 0.338 e. The Bertz CT molecular complexity index is 423. The summed E-state index contributed by atoms with van der Waals surface area (Å²) in [6.45, 7) is 0.543. The highest BCUT2D eigenvalue weighted by Gasteiger charge is 2.22. The zero-order chi connectivity index (χ0) is 10.8. The van der Waals surface area contributed by atoms with Gasteiger partial charge >= 0.3 is 5.97 Å². The van der Waals surface area contributed by atoms with Gasteiger partial charge in [0.15, 0.2) is 0 Å². The lowest BCUT2D eigenvalue weighted by molar-refractivity contribution is 0.0599. The first-order valence-corrected chi connectivity index (χ1v) is 4.59. The summed E-state index contributed by atoms with van der Waals surface area (Å²) in [5, 5.41) is 0. The number of carbonyl (C=O) groups excluding carboxylic acids is 2. The molecule has 1 aliphatic heterocycles. The van der Waals surface area contributed by atoms with Crippen molar-refractivity contribution in [3.63, 3.8) is 0 Å². The highest BCUT2D eigenvalue weighted by Crippen LogP contribution is 2.30. The second-order valence-corrected chi connectivity index (χ2v) is 3.25. The second-order valence-electron chi connectivity index (χ2n) is 3.25. The summed E-state index contributed by atoms with van der Waals surface area (Å²) in [6, 6.07) is 3.17. The molecule has 15 heavy (non-hydrogen) atoms. The third-order valence-corrected chi connectivity index (χ3v) is 2.38. The minimum absolute atomic E-state index is 0.426. The average molecular weight is 206 g/mol. The van der Waals surface area contributed by atoms with Gasteiger partial charge in [-0.15, -0.1) is 0 Å². The molecule has 0 atom stereocenters. The summed E-state index contributed by atoms with van der Waals surface area (Å²) in [6.07, 6.45) is 1.37. The van der Waals surface area contributed by atoms with Crippen LogP contribution in [0, 0.1) is 0 Å². The molecule has 1 aromatic rings. The second kappa shape index (κ2) is 3.73. The van der Waals surface area contributed by atoms with E-state index in [9.17, 15) is 9.59 Å². The standard InChI is InChI=1S/C11H10O4/c1-14-11(13)9-4-7(6-12)5-10-8(9)2-3-15-10/h4-6H,2-3H2,1H3. The lowest BCUT2D eigenvalue weighted by atomic mass is 10.0. The van der Waals surface area contributed by atoms with Crippen molar-refractivity contribution in [3.8, 4) is 5.75 Å². The predicted octanol–water partition coefficient (Wildman–Crippen LogP) is 1.22. The third-order valence-electron chi connectivity index (χ3n) is 2.38. The molecule has 0 amide bonds. The van der Waals surface area contributed by atoms with E-state index in [0.29, 0.717) is 36.2 Å². The van der Waals surface area contributed by atoms with Crippen molar-refractivity contribution in [2.24, 2.45) is 0 Å². The maximum atomic E-state index is 11.4. The van der Waals surface area contributed by atoms with Crippen molar-refractivity contribution >= 4 is 12.3 Å². The molecule has 2 rings (SSSR count). The van der Waals surface area contributed by atoms with Gasteiger partial charge in [-0.05, 0) is 12.1 Å². The topological polar surface area (TPSA) is 52.6 Å². The largest absolute Gasteiger partial charge is 0.493 e. The van der Waals surface area contributed by atoms with Crippen molar-refractivity contribution in [3.05, 3.63) is 28.8 Å². The Kier molecular flexibility index (Phi) is 2.41. The molecule has 0 radical (unpaired) electrons. The first-order chi connectivity index (χ1) is 7.26. The fourth-order valence-corrected chi connectivity index (χ4v) is 1.68.